The van der Waals surface area contributed by atoms with E-state index >= 15 is 0 Å². The van der Waals surface area contributed by atoms with E-state index in [2.05, 4.69) is 0 Å². The predicted octanol–water partition coefficient (Wildman–Crippen LogP) is 4.10. The number of aryl methyl sites for hydroxylation is 1. The van der Waals surface area contributed by atoms with E-state index in [0.29, 0.717) is 24.2 Å². The Hall–Kier alpha value is -2.50. The van der Waals surface area contributed by atoms with Gasteiger partial charge in [-0.25, -0.2) is 13.2 Å². The van der Waals surface area contributed by atoms with Crippen LogP contribution in [0.4, 0.5) is 18.9 Å². The molecule has 1 amide bonds. The Kier molecular flexibility index (Phi) is 5.84. The highest BCUT2D eigenvalue weighted by Crippen LogP contribution is 2.21. The Morgan fingerprint density at radius 2 is 1.79 bits per heavy atom. The molecule has 0 saturated carbocycles. The van der Waals surface area contributed by atoms with Crippen molar-refractivity contribution in [2.45, 2.75) is 19.8 Å². The second-order valence-corrected chi connectivity index (χ2v) is 5.21. The van der Waals surface area contributed by atoms with Gasteiger partial charge in [-0.2, -0.15) is 0 Å². The van der Waals surface area contributed by atoms with Crippen LogP contribution in [-0.4, -0.2) is 19.6 Å². The summed E-state index contributed by atoms with van der Waals surface area (Å²) < 4.78 is 44.8. The monoisotopic (exact) mass is 337 g/mol. The lowest BCUT2D eigenvalue weighted by molar-refractivity contribution is -0.118. The number of ether oxygens (including phenoxy) is 1. The van der Waals surface area contributed by atoms with Gasteiger partial charge in [0.1, 0.15) is 0 Å². The van der Waals surface area contributed by atoms with Gasteiger partial charge >= 0.3 is 0 Å². The zero-order chi connectivity index (χ0) is 17.7. The third-order valence-electron chi connectivity index (χ3n) is 3.68. The van der Waals surface area contributed by atoms with Gasteiger partial charge in [-0.3, -0.25) is 4.79 Å². The van der Waals surface area contributed by atoms with Crippen LogP contribution in [-0.2, 0) is 11.2 Å². The molecule has 3 nitrogen and oxygen atoms in total. The molecule has 24 heavy (non-hydrogen) atoms. The lowest BCUT2D eigenvalue weighted by Gasteiger charge is -2.21. The van der Waals surface area contributed by atoms with E-state index < -0.39 is 17.5 Å². The maximum atomic E-state index is 13.6. The molecule has 0 aromatic heterocycles. The summed E-state index contributed by atoms with van der Waals surface area (Å²) in [5.41, 5.74) is 0.949. The van der Waals surface area contributed by atoms with Crippen molar-refractivity contribution < 1.29 is 22.7 Å². The minimum atomic E-state index is -1.00. The number of benzene rings is 2. The summed E-state index contributed by atoms with van der Waals surface area (Å²) in [4.78, 5) is 13.7. The summed E-state index contributed by atoms with van der Waals surface area (Å²) in [5, 5.41) is 0. The van der Waals surface area contributed by atoms with Crippen molar-refractivity contribution in [3.63, 3.8) is 0 Å². The average Bonchev–Trinajstić information content (AvgIpc) is 2.57. The highest BCUT2D eigenvalue weighted by Gasteiger charge is 2.16. The summed E-state index contributed by atoms with van der Waals surface area (Å²) in [6, 6.07) is 7.83. The molecule has 0 radical (unpaired) electrons. The smallest absolute Gasteiger partial charge is 0.227 e. The molecule has 0 unspecified atom stereocenters. The maximum Gasteiger partial charge on any atom is 0.227 e. The van der Waals surface area contributed by atoms with Crippen molar-refractivity contribution in [3.05, 3.63) is 59.4 Å². The second-order valence-electron chi connectivity index (χ2n) is 5.21. The van der Waals surface area contributed by atoms with Crippen molar-refractivity contribution in [2.24, 2.45) is 0 Å². The first kappa shape index (κ1) is 17.8. The van der Waals surface area contributed by atoms with E-state index in [1.165, 1.54) is 30.2 Å². The summed E-state index contributed by atoms with van der Waals surface area (Å²) >= 11 is 0. The number of amides is 1. The zero-order valence-corrected chi connectivity index (χ0v) is 13.5. The van der Waals surface area contributed by atoms with E-state index in [0.717, 1.165) is 12.1 Å². The number of anilines is 1. The second kappa shape index (κ2) is 7.86. The number of halogens is 3. The molecule has 0 atom stereocenters. The first-order valence-electron chi connectivity index (χ1n) is 7.54. The lowest BCUT2D eigenvalue weighted by Crippen LogP contribution is -2.30. The highest BCUT2D eigenvalue weighted by molar-refractivity contribution is 5.93. The van der Waals surface area contributed by atoms with Gasteiger partial charge < -0.3 is 9.64 Å². The summed E-state index contributed by atoms with van der Waals surface area (Å²) in [7, 11) is 1.38. The highest BCUT2D eigenvalue weighted by atomic mass is 19.2. The summed E-state index contributed by atoms with van der Waals surface area (Å²) in [5.74, 6) is -2.57. The molecule has 0 aliphatic rings. The van der Waals surface area contributed by atoms with Crippen LogP contribution >= 0.6 is 0 Å². The largest absolute Gasteiger partial charge is 0.494 e. The summed E-state index contributed by atoms with van der Waals surface area (Å²) in [6.07, 6.45) is 0.457. The van der Waals surface area contributed by atoms with Gasteiger partial charge in [0.05, 0.1) is 7.11 Å². The molecule has 0 heterocycles. The first-order valence-corrected chi connectivity index (χ1v) is 7.54. The standard InChI is InChI=1S/C18H18F3NO2/c1-3-22(13-6-7-14(19)15(20)11-13)18(23)9-5-12-4-8-17(24-2)16(21)10-12/h4,6-8,10-11H,3,5,9H2,1-2H3. The number of carbonyl (C=O) groups is 1. The van der Waals surface area contributed by atoms with Gasteiger partial charge in [-0.1, -0.05) is 6.07 Å². The molecular formula is C18H18F3NO2. The topological polar surface area (TPSA) is 29.5 Å². The third-order valence-corrected chi connectivity index (χ3v) is 3.68. The Labute approximate surface area is 138 Å². The molecule has 2 rings (SSSR count). The first-order chi connectivity index (χ1) is 11.5. The minimum absolute atomic E-state index is 0.124. The molecule has 0 spiro atoms. The van der Waals surface area contributed by atoms with Gasteiger partial charge in [0, 0.05) is 24.7 Å². The number of carbonyl (C=O) groups excluding carboxylic acids is 1. The van der Waals surface area contributed by atoms with Crippen LogP contribution < -0.4 is 9.64 Å². The van der Waals surface area contributed by atoms with Gasteiger partial charge in [-0.15, -0.1) is 0 Å². The molecular weight excluding hydrogens is 319 g/mol. The molecule has 0 aliphatic heterocycles. The van der Waals surface area contributed by atoms with Gasteiger partial charge in [0.15, 0.2) is 23.2 Å². The fraction of sp³-hybridized carbons (Fsp3) is 0.278. The molecule has 0 N–H and O–H groups in total. The Bertz CT molecular complexity index is 734. The molecule has 2 aromatic carbocycles. The molecule has 2 aromatic rings. The number of nitrogens with zero attached hydrogens (tertiary/aromatic N) is 1. The SMILES string of the molecule is CCN(C(=O)CCc1ccc(OC)c(F)c1)c1ccc(F)c(F)c1. The van der Waals surface area contributed by atoms with E-state index in [9.17, 15) is 18.0 Å². The Morgan fingerprint density at radius 1 is 1.04 bits per heavy atom. The van der Waals surface area contributed by atoms with Crippen molar-refractivity contribution in [3.8, 4) is 5.75 Å². The van der Waals surface area contributed by atoms with Crippen molar-refractivity contribution >= 4 is 11.6 Å². The minimum Gasteiger partial charge on any atom is -0.494 e. The quantitative estimate of drug-likeness (QED) is 0.794. The van der Waals surface area contributed by atoms with Crippen LogP contribution in [0.15, 0.2) is 36.4 Å². The van der Waals surface area contributed by atoms with E-state index in [-0.39, 0.29) is 18.1 Å². The maximum absolute atomic E-state index is 13.6. The lowest BCUT2D eigenvalue weighted by atomic mass is 10.1. The van der Waals surface area contributed by atoms with Crippen molar-refractivity contribution in [2.75, 3.05) is 18.6 Å². The number of hydrogen-bond donors (Lipinski definition) is 0. The van der Waals surface area contributed by atoms with Crippen LogP contribution in [0.25, 0.3) is 0 Å². The Morgan fingerprint density at radius 3 is 2.38 bits per heavy atom. The van der Waals surface area contributed by atoms with Crippen molar-refractivity contribution in [1.82, 2.24) is 0 Å². The van der Waals surface area contributed by atoms with Crippen molar-refractivity contribution in [1.29, 1.82) is 0 Å². The van der Waals surface area contributed by atoms with E-state index in [4.69, 9.17) is 4.74 Å². The van der Waals surface area contributed by atoms with Crippen LogP contribution in [0.5, 0.6) is 5.75 Å². The molecule has 0 bridgehead atoms. The van der Waals surface area contributed by atoms with Gasteiger partial charge in [0.25, 0.3) is 0 Å². The number of hydrogen-bond acceptors (Lipinski definition) is 2. The average molecular weight is 337 g/mol. The molecule has 0 aliphatic carbocycles. The number of methoxy groups -OCH3 is 1. The van der Waals surface area contributed by atoms with Crippen LogP contribution in [0.3, 0.4) is 0 Å². The fourth-order valence-corrected chi connectivity index (χ4v) is 2.41. The third kappa shape index (κ3) is 4.07. The van der Waals surface area contributed by atoms with Gasteiger partial charge in [0.2, 0.25) is 5.91 Å². The van der Waals surface area contributed by atoms with E-state index in [1.54, 1.807) is 13.0 Å². The number of rotatable bonds is 6. The van der Waals surface area contributed by atoms with Crippen LogP contribution in [0, 0.1) is 17.5 Å². The van der Waals surface area contributed by atoms with Crippen LogP contribution in [0.2, 0.25) is 0 Å². The molecule has 0 fully saturated rings. The molecule has 0 saturated heterocycles. The molecule has 128 valence electrons. The van der Waals surface area contributed by atoms with Gasteiger partial charge in [-0.05, 0) is 43.2 Å². The normalized spacial score (nSPS) is 10.5. The Balaban J connectivity index is 2.06. The van der Waals surface area contributed by atoms with E-state index in [1.807, 2.05) is 0 Å². The molecule has 6 heteroatoms. The summed E-state index contributed by atoms with van der Waals surface area (Å²) in [6.45, 7) is 2.06. The zero-order valence-electron chi connectivity index (χ0n) is 13.5. The van der Waals surface area contributed by atoms with Crippen LogP contribution in [0.1, 0.15) is 18.9 Å². The predicted molar refractivity (Wildman–Crippen MR) is 85.7 cm³/mol. The fourth-order valence-electron chi connectivity index (χ4n) is 2.41.